The third kappa shape index (κ3) is 5.03. The molecule has 0 radical (unpaired) electrons. The van der Waals surface area contributed by atoms with Gasteiger partial charge in [-0.3, -0.25) is 9.59 Å². The van der Waals surface area contributed by atoms with Gasteiger partial charge in [0.05, 0.1) is 23.9 Å². The van der Waals surface area contributed by atoms with Crippen LogP contribution in [0.2, 0.25) is 0 Å². The predicted molar refractivity (Wildman–Crippen MR) is 125 cm³/mol. The van der Waals surface area contributed by atoms with E-state index in [2.05, 4.69) is 5.32 Å². The highest BCUT2D eigenvalue weighted by molar-refractivity contribution is 6.53. The molecule has 2 amide bonds. The second-order valence-electron chi connectivity index (χ2n) is 7.45. The average molecular weight is 517 g/mol. The first-order chi connectivity index (χ1) is 17.1. The van der Waals surface area contributed by atoms with Gasteiger partial charge in [0.1, 0.15) is 22.2 Å². The molecule has 1 heterocycles. The van der Waals surface area contributed by atoms with Crippen molar-refractivity contribution in [1.82, 2.24) is 0 Å². The number of anilines is 2. The van der Waals surface area contributed by atoms with E-state index in [1.165, 1.54) is 37.4 Å². The Morgan fingerprint density at radius 1 is 0.917 bits per heavy atom. The van der Waals surface area contributed by atoms with Gasteiger partial charge in [-0.2, -0.15) is 13.2 Å². The molecule has 11 heteroatoms. The zero-order chi connectivity index (χ0) is 26.0. The van der Waals surface area contributed by atoms with Crippen molar-refractivity contribution >= 4 is 40.8 Å². The first-order valence-corrected chi connectivity index (χ1v) is 10.7. The Bertz CT molecular complexity index is 1390. The van der Waals surface area contributed by atoms with Crippen molar-refractivity contribution in [2.75, 3.05) is 17.3 Å². The first-order valence-electron chi connectivity index (χ1n) is 10.3. The Morgan fingerprint density at radius 3 is 2.25 bits per heavy atom. The summed E-state index contributed by atoms with van der Waals surface area (Å²) in [4.78, 5) is 38.4. The van der Waals surface area contributed by atoms with Crippen molar-refractivity contribution in [3.8, 4) is 11.5 Å². The molecule has 1 aliphatic rings. The van der Waals surface area contributed by atoms with E-state index in [1.54, 1.807) is 24.3 Å². The molecule has 184 valence electrons. The van der Waals surface area contributed by atoms with Crippen LogP contribution >= 0.6 is 11.6 Å². The van der Waals surface area contributed by atoms with Crippen LogP contribution in [-0.4, -0.2) is 24.9 Å². The molecule has 0 saturated carbocycles. The van der Waals surface area contributed by atoms with Crippen molar-refractivity contribution in [1.29, 1.82) is 0 Å². The normalized spacial score (nSPS) is 13.8. The second kappa shape index (κ2) is 9.74. The third-order valence-electron chi connectivity index (χ3n) is 5.10. The molecule has 7 nitrogen and oxygen atoms in total. The maximum Gasteiger partial charge on any atom is 0.416 e. The average Bonchev–Trinajstić information content (AvgIpc) is 3.07. The number of hydrogen-bond donors (Lipinski definition) is 1. The Hall–Kier alpha value is -4.31. The predicted octanol–water partition coefficient (Wildman–Crippen LogP) is 5.37. The summed E-state index contributed by atoms with van der Waals surface area (Å²) < 4.78 is 49.6. The summed E-state index contributed by atoms with van der Waals surface area (Å²) in [5.74, 6) is -1.74. The molecule has 0 fully saturated rings. The minimum Gasteiger partial charge on any atom is -0.497 e. The number of nitrogens with one attached hydrogen (secondary N) is 1. The Labute approximate surface area is 207 Å². The fourth-order valence-corrected chi connectivity index (χ4v) is 3.54. The van der Waals surface area contributed by atoms with Crippen LogP contribution in [0.3, 0.4) is 0 Å². The molecular weight excluding hydrogens is 501 g/mol. The van der Waals surface area contributed by atoms with Crippen molar-refractivity contribution in [3.63, 3.8) is 0 Å². The second-order valence-corrected chi connectivity index (χ2v) is 7.83. The summed E-state index contributed by atoms with van der Waals surface area (Å²) in [7, 11) is 1.48. The molecule has 36 heavy (non-hydrogen) atoms. The van der Waals surface area contributed by atoms with Crippen LogP contribution in [0.5, 0.6) is 11.5 Å². The largest absolute Gasteiger partial charge is 0.497 e. The minimum atomic E-state index is -4.66. The van der Waals surface area contributed by atoms with Crippen LogP contribution < -0.4 is 19.7 Å². The van der Waals surface area contributed by atoms with Gasteiger partial charge >= 0.3 is 12.1 Å². The van der Waals surface area contributed by atoms with Crippen LogP contribution in [0.15, 0.2) is 83.5 Å². The number of halogens is 4. The maximum absolute atomic E-state index is 13.1. The van der Waals surface area contributed by atoms with E-state index in [-0.39, 0.29) is 22.7 Å². The molecule has 0 unspecified atom stereocenters. The van der Waals surface area contributed by atoms with Gasteiger partial charge in [0.25, 0.3) is 11.8 Å². The van der Waals surface area contributed by atoms with E-state index in [9.17, 15) is 27.6 Å². The third-order valence-corrected chi connectivity index (χ3v) is 5.45. The number of nitrogens with zero attached hydrogens (tertiary/aromatic N) is 1. The lowest BCUT2D eigenvalue weighted by Crippen LogP contribution is -2.32. The van der Waals surface area contributed by atoms with Crippen LogP contribution in [0, 0.1) is 0 Å². The van der Waals surface area contributed by atoms with Crippen molar-refractivity contribution in [3.05, 3.63) is 94.7 Å². The molecule has 0 bridgehead atoms. The van der Waals surface area contributed by atoms with Gasteiger partial charge in [0.15, 0.2) is 0 Å². The summed E-state index contributed by atoms with van der Waals surface area (Å²) >= 11 is 6.04. The van der Waals surface area contributed by atoms with Crippen molar-refractivity contribution in [2.45, 2.75) is 6.18 Å². The zero-order valence-corrected chi connectivity index (χ0v) is 19.2. The lowest BCUT2D eigenvalue weighted by Gasteiger charge is -2.17. The molecule has 1 aliphatic heterocycles. The summed E-state index contributed by atoms with van der Waals surface area (Å²) in [5.41, 5.74) is -1.11. The Morgan fingerprint density at radius 2 is 1.58 bits per heavy atom. The summed E-state index contributed by atoms with van der Waals surface area (Å²) in [6, 6.07) is 16.0. The van der Waals surface area contributed by atoms with Gasteiger partial charge in [-0.15, -0.1) is 0 Å². The molecule has 0 aromatic heterocycles. The van der Waals surface area contributed by atoms with E-state index in [0.717, 1.165) is 12.1 Å². The van der Waals surface area contributed by atoms with Crippen molar-refractivity contribution < 1.29 is 37.0 Å². The van der Waals surface area contributed by atoms with Gasteiger partial charge in [-0.1, -0.05) is 23.7 Å². The SMILES string of the molecule is COc1cccc(OC(=O)c2ccc(NC3=C(Cl)C(=O)N(c4cccc(C(F)(F)F)c4)C3=O)cc2)c1. The number of esters is 1. The summed E-state index contributed by atoms with van der Waals surface area (Å²) in [6.45, 7) is 0. The van der Waals surface area contributed by atoms with Gasteiger partial charge in [0.2, 0.25) is 0 Å². The summed E-state index contributed by atoms with van der Waals surface area (Å²) in [6.07, 6.45) is -4.66. The molecule has 0 spiro atoms. The van der Waals surface area contributed by atoms with E-state index in [1.807, 2.05) is 0 Å². The molecule has 0 saturated heterocycles. The van der Waals surface area contributed by atoms with Crippen LogP contribution in [-0.2, 0) is 15.8 Å². The number of methoxy groups -OCH3 is 1. The summed E-state index contributed by atoms with van der Waals surface area (Å²) in [5, 5.41) is 2.20. The lowest BCUT2D eigenvalue weighted by atomic mass is 10.2. The number of benzene rings is 3. The number of alkyl halides is 3. The smallest absolute Gasteiger partial charge is 0.416 e. The quantitative estimate of drug-likeness (QED) is 0.269. The standard InChI is InChI=1S/C25H16ClF3N2O5/c1-35-18-6-3-7-19(13-18)36-24(34)14-8-10-16(11-9-14)30-21-20(26)22(32)31(23(21)33)17-5-2-4-15(12-17)25(27,28)29/h2-13,30H,1H3. The highest BCUT2D eigenvalue weighted by Crippen LogP contribution is 2.35. The fourth-order valence-electron chi connectivity index (χ4n) is 3.33. The van der Waals surface area contributed by atoms with Crippen LogP contribution in [0.4, 0.5) is 24.5 Å². The number of amides is 2. The fraction of sp³-hybridized carbons (Fsp3) is 0.0800. The lowest BCUT2D eigenvalue weighted by molar-refractivity contribution is -0.137. The molecule has 0 atom stereocenters. The van der Waals surface area contributed by atoms with Crippen molar-refractivity contribution in [2.24, 2.45) is 0 Å². The number of rotatable bonds is 6. The van der Waals surface area contributed by atoms with Crippen LogP contribution in [0.1, 0.15) is 15.9 Å². The van der Waals surface area contributed by atoms with E-state index >= 15 is 0 Å². The van der Waals surface area contributed by atoms with Gasteiger partial charge in [-0.05, 0) is 54.6 Å². The number of carbonyl (C=O) groups excluding carboxylic acids is 3. The molecule has 3 aromatic carbocycles. The highest BCUT2D eigenvalue weighted by Gasteiger charge is 2.40. The van der Waals surface area contributed by atoms with Crippen LogP contribution in [0.25, 0.3) is 0 Å². The maximum atomic E-state index is 13.1. The molecular formula is C25H16ClF3N2O5. The van der Waals surface area contributed by atoms with Gasteiger partial charge in [-0.25, -0.2) is 9.69 Å². The Kier molecular flexibility index (Phi) is 6.71. The zero-order valence-electron chi connectivity index (χ0n) is 18.4. The molecule has 1 N–H and O–H groups in total. The first kappa shape index (κ1) is 24.8. The number of ether oxygens (including phenoxy) is 2. The van der Waals surface area contributed by atoms with E-state index < -0.39 is 34.6 Å². The Balaban J connectivity index is 1.49. The topological polar surface area (TPSA) is 84.9 Å². The number of imide groups is 1. The molecule has 3 aromatic rings. The number of hydrogen-bond acceptors (Lipinski definition) is 6. The minimum absolute atomic E-state index is 0.197. The highest BCUT2D eigenvalue weighted by atomic mass is 35.5. The van der Waals surface area contributed by atoms with Gasteiger partial charge < -0.3 is 14.8 Å². The number of carbonyl (C=O) groups is 3. The monoisotopic (exact) mass is 516 g/mol. The van der Waals surface area contributed by atoms with E-state index in [0.29, 0.717) is 22.4 Å². The van der Waals surface area contributed by atoms with Gasteiger partial charge in [0, 0.05) is 11.8 Å². The van der Waals surface area contributed by atoms with E-state index in [4.69, 9.17) is 21.1 Å². The molecule has 0 aliphatic carbocycles. The molecule has 4 rings (SSSR count).